The molecule has 0 atom stereocenters. The number of rotatable bonds is 11. The molecule has 2 aliphatic rings. The number of carbonyl (C=O) groups excluding carboxylic acids is 1. The first kappa shape index (κ1) is 23.8. The van der Waals surface area contributed by atoms with Crippen molar-refractivity contribution in [1.29, 1.82) is 0 Å². The first-order valence-corrected chi connectivity index (χ1v) is 13.9. The summed E-state index contributed by atoms with van der Waals surface area (Å²) in [4.78, 5) is 37.9. The van der Waals surface area contributed by atoms with Crippen LogP contribution in [0.25, 0.3) is 10.2 Å². The highest BCUT2D eigenvalue weighted by Gasteiger charge is 2.27. The number of amides is 1. The molecule has 2 aromatic heterocycles. The summed E-state index contributed by atoms with van der Waals surface area (Å²) in [6.07, 6.45) is 8.74. The van der Waals surface area contributed by atoms with Gasteiger partial charge in [-0.25, -0.2) is 4.98 Å². The van der Waals surface area contributed by atoms with Crippen LogP contribution in [0.5, 0.6) is 0 Å². The van der Waals surface area contributed by atoms with Gasteiger partial charge < -0.3 is 9.80 Å². The Hall–Kier alpha value is -1.38. The lowest BCUT2D eigenvalue weighted by Crippen LogP contribution is -2.35. The molecule has 6 nitrogen and oxygen atoms in total. The fourth-order valence-corrected chi connectivity index (χ4v) is 6.72. The van der Waals surface area contributed by atoms with Crippen LogP contribution in [0.2, 0.25) is 0 Å². The third kappa shape index (κ3) is 5.57. The fourth-order valence-electron chi connectivity index (χ4n) is 4.49. The zero-order valence-corrected chi connectivity index (χ0v) is 21.3. The van der Waals surface area contributed by atoms with Gasteiger partial charge in [0.05, 0.1) is 11.1 Å². The molecular weight excluding hydrogens is 440 g/mol. The lowest BCUT2D eigenvalue weighted by atomic mass is 9.97. The van der Waals surface area contributed by atoms with Crippen LogP contribution in [0, 0.1) is 5.92 Å². The van der Waals surface area contributed by atoms with Gasteiger partial charge in [-0.2, -0.15) is 0 Å². The van der Waals surface area contributed by atoms with Crippen molar-refractivity contribution in [1.82, 2.24) is 19.4 Å². The quantitative estimate of drug-likeness (QED) is 0.362. The first-order valence-electron chi connectivity index (χ1n) is 12.1. The van der Waals surface area contributed by atoms with E-state index < -0.39 is 0 Å². The van der Waals surface area contributed by atoms with Crippen LogP contribution in [0.3, 0.4) is 0 Å². The number of fused-ring (bicyclic) bond motifs is 3. The largest absolute Gasteiger partial charge is 0.342 e. The van der Waals surface area contributed by atoms with Crippen molar-refractivity contribution in [2.75, 3.05) is 39.5 Å². The molecule has 8 heteroatoms. The molecule has 0 unspecified atom stereocenters. The zero-order chi connectivity index (χ0) is 22.7. The van der Waals surface area contributed by atoms with Crippen molar-refractivity contribution >= 4 is 39.2 Å². The second kappa shape index (κ2) is 10.7. The standard InChI is InChI=1S/C24H36N4O2S2/c1-4-12-27(15-17-10-11-17)20(29)16-31-24-25-22-21(18-8-5-6-9-19(18)32-22)23(30)28(24)14-7-13-26(2)3/h17H,4-16H2,1-3H3. The fraction of sp³-hybridized carbons (Fsp3) is 0.708. The van der Waals surface area contributed by atoms with E-state index >= 15 is 0 Å². The summed E-state index contributed by atoms with van der Waals surface area (Å²) < 4.78 is 1.84. The maximum atomic E-state index is 13.6. The van der Waals surface area contributed by atoms with E-state index in [0.717, 1.165) is 62.0 Å². The van der Waals surface area contributed by atoms with Crippen molar-refractivity contribution in [3.63, 3.8) is 0 Å². The van der Waals surface area contributed by atoms with Gasteiger partial charge in [0.2, 0.25) is 5.91 Å². The number of nitrogens with zero attached hydrogens (tertiary/aromatic N) is 4. The molecule has 2 aromatic rings. The summed E-state index contributed by atoms with van der Waals surface area (Å²) in [6, 6.07) is 0. The number of aromatic nitrogens is 2. The molecular formula is C24H36N4O2S2. The minimum absolute atomic E-state index is 0.0894. The molecule has 2 aliphatic carbocycles. The highest BCUT2D eigenvalue weighted by molar-refractivity contribution is 7.99. The minimum atomic E-state index is 0.0894. The lowest BCUT2D eigenvalue weighted by Gasteiger charge is -2.22. The monoisotopic (exact) mass is 476 g/mol. The Kier molecular flexibility index (Phi) is 7.95. The molecule has 0 spiro atoms. The van der Waals surface area contributed by atoms with Crippen molar-refractivity contribution in [3.8, 4) is 0 Å². The lowest BCUT2D eigenvalue weighted by molar-refractivity contribution is -0.128. The van der Waals surface area contributed by atoms with Gasteiger partial charge >= 0.3 is 0 Å². The average Bonchev–Trinajstić information content (AvgIpc) is 3.50. The van der Waals surface area contributed by atoms with Gasteiger partial charge in [0.1, 0.15) is 4.83 Å². The number of thioether (sulfide) groups is 1. The summed E-state index contributed by atoms with van der Waals surface area (Å²) in [5, 5.41) is 1.54. The number of aryl methyl sites for hydroxylation is 2. The Bertz CT molecular complexity index is 1010. The smallest absolute Gasteiger partial charge is 0.263 e. The Morgan fingerprint density at radius 2 is 2.00 bits per heavy atom. The van der Waals surface area contributed by atoms with Crippen LogP contribution in [0.1, 0.15) is 55.9 Å². The predicted octanol–water partition coefficient (Wildman–Crippen LogP) is 4.03. The van der Waals surface area contributed by atoms with E-state index in [1.165, 1.54) is 41.5 Å². The second-order valence-corrected chi connectivity index (χ2v) is 11.5. The highest BCUT2D eigenvalue weighted by Crippen LogP contribution is 2.35. The normalized spacial score (nSPS) is 16.0. The SMILES string of the molecule is CCCN(CC1CC1)C(=O)CSc1nc2sc3c(c2c(=O)n1CCCN(C)C)CCCC3. The molecule has 1 fully saturated rings. The van der Waals surface area contributed by atoms with Gasteiger partial charge in [-0.3, -0.25) is 14.2 Å². The molecule has 2 heterocycles. The molecule has 0 saturated heterocycles. The van der Waals surface area contributed by atoms with Crippen LogP contribution in [-0.2, 0) is 24.2 Å². The maximum Gasteiger partial charge on any atom is 0.263 e. The van der Waals surface area contributed by atoms with E-state index in [4.69, 9.17) is 4.98 Å². The van der Waals surface area contributed by atoms with E-state index in [-0.39, 0.29) is 11.5 Å². The summed E-state index contributed by atoms with van der Waals surface area (Å²) >= 11 is 3.13. The Morgan fingerprint density at radius 3 is 2.72 bits per heavy atom. The number of hydrogen-bond donors (Lipinski definition) is 0. The minimum Gasteiger partial charge on any atom is -0.342 e. The van der Waals surface area contributed by atoms with Gasteiger partial charge in [0.25, 0.3) is 5.56 Å². The van der Waals surface area contributed by atoms with Crippen LogP contribution >= 0.6 is 23.1 Å². The van der Waals surface area contributed by atoms with Crippen molar-refractivity contribution in [3.05, 3.63) is 20.8 Å². The predicted molar refractivity (Wildman–Crippen MR) is 134 cm³/mol. The first-order chi connectivity index (χ1) is 15.5. The Morgan fingerprint density at radius 1 is 1.22 bits per heavy atom. The molecule has 0 radical (unpaired) electrons. The van der Waals surface area contributed by atoms with Crippen LogP contribution in [0.4, 0.5) is 0 Å². The van der Waals surface area contributed by atoms with Crippen molar-refractivity contribution in [2.24, 2.45) is 5.92 Å². The number of carbonyl (C=O) groups is 1. The number of thiophene rings is 1. The van der Waals surface area contributed by atoms with E-state index in [9.17, 15) is 9.59 Å². The van der Waals surface area contributed by atoms with Crippen LogP contribution in [0.15, 0.2) is 9.95 Å². The van der Waals surface area contributed by atoms with Gasteiger partial charge in [0, 0.05) is 24.5 Å². The van der Waals surface area contributed by atoms with Gasteiger partial charge in [-0.1, -0.05) is 18.7 Å². The summed E-state index contributed by atoms with van der Waals surface area (Å²) in [5.41, 5.74) is 1.33. The average molecular weight is 477 g/mol. The molecule has 0 bridgehead atoms. The Balaban J connectivity index is 1.59. The topological polar surface area (TPSA) is 58.4 Å². The summed E-state index contributed by atoms with van der Waals surface area (Å²) in [6.45, 7) is 5.38. The third-order valence-electron chi connectivity index (χ3n) is 6.37. The molecule has 1 amide bonds. The number of hydrogen-bond acceptors (Lipinski definition) is 6. The molecule has 1 saturated carbocycles. The van der Waals surface area contributed by atoms with Crippen molar-refractivity contribution < 1.29 is 4.79 Å². The molecule has 32 heavy (non-hydrogen) atoms. The molecule has 176 valence electrons. The van der Waals surface area contributed by atoms with E-state index in [0.29, 0.717) is 23.4 Å². The Labute approximate surface area is 199 Å². The molecule has 4 rings (SSSR count). The summed E-state index contributed by atoms with van der Waals surface area (Å²) in [7, 11) is 4.10. The van der Waals surface area contributed by atoms with E-state index in [2.05, 4.69) is 25.9 Å². The van der Waals surface area contributed by atoms with Gasteiger partial charge in [0.15, 0.2) is 5.16 Å². The second-order valence-electron chi connectivity index (χ2n) is 9.47. The summed E-state index contributed by atoms with van der Waals surface area (Å²) in [5.74, 6) is 1.21. The van der Waals surface area contributed by atoms with Crippen LogP contribution in [-0.4, -0.2) is 64.7 Å². The molecule has 0 N–H and O–H groups in total. The van der Waals surface area contributed by atoms with Gasteiger partial charge in [-0.05, 0) is 83.5 Å². The maximum absolute atomic E-state index is 13.6. The van der Waals surface area contributed by atoms with Crippen molar-refractivity contribution in [2.45, 2.75) is 70.0 Å². The highest BCUT2D eigenvalue weighted by atomic mass is 32.2. The van der Waals surface area contributed by atoms with Crippen LogP contribution < -0.4 is 5.56 Å². The van der Waals surface area contributed by atoms with E-state index in [1.807, 2.05) is 9.47 Å². The molecule has 0 aliphatic heterocycles. The zero-order valence-electron chi connectivity index (χ0n) is 19.7. The van der Waals surface area contributed by atoms with E-state index in [1.54, 1.807) is 11.3 Å². The molecule has 0 aromatic carbocycles. The third-order valence-corrected chi connectivity index (χ3v) is 8.52. The van der Waals surface area contributed by atoms with Gasteiger partial charge in [-0.15, -0.1) is 11.3 Å².